The second-order valence-electron chi connectivity index (χ2n) is 4.21. The summed E-state index contributed by atoms with van der Waals surface area (Å²) in [7, 11) is 0. The summed E-state index contributed by atoms with van der Waals surface area (Å²) in [4.78, 5) is 26.2. The monoisotopic (exact) mass is 288 g/mol. The summed E-state index contributed by atoms with van der Waals surface area (Å²) in [5.74, 6) is -2.56. The molecule has 108 valence electrons. The van der Waals surface area contributed by atoms with Gasteiger partial charge in [0, 0.05) is 12.7 Å². The molecule has 0 aliphatic carbocycles. The number of benzene rings is 1. The summed E-state index contributed by atoms with van der Waals surface area (Å²) in [5, 5.41) is 30.1. The quantitative estimate of drug-likeness (QED) is 0.626. The molecule has 0 spiro atoms. The lowest BCUT2D eigenvalue weighted by Gasteiger charge is -2.07. The van der Waals surface area contributed by atoms with E-state index in [1.54, 1.807) is 0 Å². The van der Waals surface area contributed by atoms with Crippen molar-refractivity contribution in [2.75, 3.05) is 0 Å². The van der Waals surface area contributed by atoms with E-state index in [-0.39, 0.29) is 23.6 Å². The molecule has 1 aromatic carbocycles. The number of pyridine rings is 1. The number of carbonyl (C=O) groups is 2. The molecule has 0 saturated heterocycles. The second kappa shape index (κ2) is 5.91. The summed E-state index contributed by atoms with van der Waals surface area (Å²) in [6, 6.07) is 6.93. The van der Waals surface area contributed by atoms with Crippen LogP contribution >= 0.6 is 0 Å². The molecule has 4 N–H and O–H groups in total. The Balaban J connectivity index is 2.04. The molecule has 1 heterocycles. The van der Waals surface area contributed by atoms with Gasteiger partial charge in [-0.25, -0.2) is 9.78 Å². The van der Waals surface area contributed by atoms with Gasteiger partial charge in [0.05, 0.1) is 5.56 Å². The third kappa shape index (κ3) is 3.27. The first-order valence-corrected chi connectivity index (χ1v) is 5.96. The van der Waals surface area contributed by atoms with E-state index in [0.29, 0.717) is 5.56 Å². The molecule has 2 aromatic rings. The van der Waals surface area contributed by atoms with Crippen LogP contribution in [-0.4, -0.2) is 32.2 Å². The Morgan fingerprint density at radius 2 is 1.90 bits per heavy atom. The van der Waals surface area contributed by atoms with Gasteiger partial charge in [0.1, 0.15) is 5.69 Å². The summed E-state index contributed by atoms with van der Waals surface area (Å²) in [6.45, 7) is 0.112. The van der Waals surface area contributed by atoms with E-state index in [0.717, 1.165) is 0 Å². The molecule has 0 bridgehead atoms. The Morgan fingerprint density at radius 3 is 2.52 bits per heavy atom. The van der Waals surface area contributed by atoms with Crippen molar-refractivity contribution in [2.24, 2.45) is 0 Å². The third-order valence-corrected chi connectivity index (χ3v) is 2.76. The maximum Gasteiger partial charge on any atom is 0.354 e. The number of aromatic hydroxyl groups is 2. The van der Waals surface area contributed by atoms with E-state index in [1.807, 2.05) is 0 Å². The van der Waals surface area contributed by atoms with Gasteiger partial charge in [0.25, 0.3) is 5.91 Å². The Morgan fingerprint density at radius 1 is 1.14 bits per heavy atom. The minimum atomic E-state index is -1.13. The fraction of sp³-hybridized carbons (Fsp3) is 0.0714. The van der Waals surface area contributed by atoms with Crippen molar-refractivity contribution in [3.05, 3.63) is 53.3 Å². The predicted molar refractivity (Wildman–Crippen MR) is 72.1 cm³/mol. The number of hydrogen-bond donors (Lipinski definition) is 4. The first-order chi connectivity index (χ1) is 9.99. The van der Waals surface area contributed by atoms with Crippen molar-refractivity contribution < 1.29 is 24.9 Å². The zero-order valence-electron chi connectivity index (χ0n) is 10.8. The van der Waals surface area contributed by atoms with Crippen LogP contribution in [0.3, 0.4) is 0 Å². The van der Waals surface area contributed by atoms with Crippen LogP contribution in [-0.2, 0) is 6.54 Å². The fourth-order valence-corrected chi connectivity index (χ4v) is 1.65. The van der Waals surface area contributed by atoms with Crippen molar-refractivity contribution in [3.8, 4) is 11.5 Å². The summed E-state index contributed by atoms with van der Waals surface area (Å²) < 4.78 is 0. The van der Waals surface area contributed by atoms with Crippen molar-refractivity contribution in [1.29, 1.82) is 0 Å². The highest BCUT2D eigenvalue weighted by Crippen LogP contribution is 2.27. The van der Waals surface area contributed by atoms with Gasteiger partial charge in [-0.2, -0.15) is 0 Å². The highest BCUT2D eigenvalue weighted by Gasteiger charge is 2.13. The molecule has 0 aliphatic heterocycles. The first kappa shape index (κ1) is 14.3. The number of phenolic OH excluding ortho intramolecular Hbond substituents is 2. The molecule has 0 radical (unpaired) electrons. The molecule has 0 aliphatic rings. The first-order valence-electron chi connectivity index (χ1n) is 5.96. The lowest BCUT2D eigenvalue weighted by molar-refractivity contribution is 0.0690. The average Bonchev–Trinajstić information content (AvgIpc) is 2.48. The SMILES string of the molecule is O=C(O)c1ccc(CNC(=O)c2cccc(O)c2O)cn1. The van der Waals surface area contributed by atoms with E-state index in [9.17, 15) is 19.8 Å². The molecule has 2 rings (SSSR count). The number of aromatic carboxylic acids is 1. The molecule has 1 aromatic heterocycles. The Hall–Kier alpha value is -3.09. The Labute approximate surface area is 119 Å². The van der Waals surface area contributed by atoms with E-state index in [1.165, 1.54) is 36.5 Å². The maximum atomic E-state index is 11.9. The van der Waals surface area contributed by atoms with Crippen molar-refractivity contribution >= 4 is 11.9 Å². The van der Waals surface area contributed by atoms with Crippen molar-refractivity contribution in [3.63, 3.8) is 0 Å². The maximum absolute atomic E-state index is 11.9. The number of phenols is 2. The van der Waals surface area contributed by atoms with E-state index >= 15 is 0 Å². The molecule has 7 nitrogen and oxygen atoms in total. The topological polar surface area (TPSA) is 120 Å². The number of aromatic nitrogens is 1. The van der Waals surface area contributed by atoms with Gasteiger partial charge in [-0.3, -0.25) is 4.79 Å². The number of rotatable bonds is 4. The summed E-state index contributed by atoms with van der Waals surface area (Å²) in [5.41, 5.74) is 0.466. The summed E-state index contributed by atoms with van der Waals surface area (Å²) in [6.07, 6.45) is 1.34. The lowest BCUT2D eigenvalue weighted by atomic mass is 10.1. The normalized spacial score (nSPS) is 10.1. The predicted octanol–water partition coefficient (Wildman–Crippen LogP) is 1.12. The standard InChI is InChI=1S/C14H12N2O5/c17-11-3-1-2-9(12(11)18)13(19)16-7-8-4-5-10(14(20)21)15-6-8/h1-6,17-18H,7H2,(H,16,19)(H,20,21). The van der Waals surface area contributed by atoms with Crippen LogP contribution in [0.5, 0.6) is 11.5 Å². The zero-order chi connectivity index (χ0) is 15.4. The molecule has 0 fully saturated rings. The smallest absolute Gasteiger partial charge is 0.354 e. The van der Waals surface area contributed by atoms with Crippen LogP contribution in [0.15, 0.2) is 36.5 Å². The van der Waals surface area contributed by atoms with Gasteiger partial charge >= 0.3 is 5.97 Å². The number of amides is 1. The third-order valence-electron chi connectivity index (χ3n) is 2.76. The zero-order valence-corrected chi connectivity index (χ0v) is 10.8. The van der Waals surface area contributed by atoms with Gasteiger partial charge in [-0.15, -0.1) is 0 Å². The van der Waals surface area contributed by atoms with E-state index in [2.05, 4.69) is 10.3 Å². The second-order valence-corrected chi connectivity index (χ2v) is 4.21. The number of carboxylic acid groups (broad SMARTS) is 1. The molecular formula is C14H12N2O5. The van der Waals surface area contributed by atoms with Crippen LogP contribution < -0.4 is 5.32 Å². The molecule has 7 heteroatoms. The fourth-order valence-electron chi connectivity index (χ4n) is 1.65. The van der Waals surface area contributed by atoms with Gasteiger partial charge < -0.3 is 20.6 Å². The molecule has 0 atom stereocenters. The molecule has 21 heavy (non-hydrogen) atoms. The largest absolute Gasteiger partial charge is 0.504 e. The van der Waals surface area contributed by atoms with Crippen LogP contribution in [0, 0.1) is 0 Å². The Bertz CT molecular complexity index is 682. The number of nitrogens with one attached hydrogen (secondary N) is 1. The van der Waals surface area contributed by atoms with Gasteiger partial charge in [0.2, 0.25) is 0 Å². The van der Waals surface area contributed by atoms with Crippen molar-refractivity contribution in [2.45, 2.75) is 6.54 Å². The van der Waals surface area contributed by atoms with Gasteiger partial charge in [-0.05, 0) is 23.8 Å². The number of hydrogen-bond acceptors (Lipinski definition) is 5. The number of carboxylic acids is 1. The van der Waals surface area contributed by atoms with E-state index < -0.39 is 17.6 Å². The highest BCUT2D eigenvalue weighted by atomic mass is 16.4. The molecule has 0 unspecified atom stereocenters. The minimum Gasteiger partial charge on any atom is -0.504 e. The average molecular weight is 288 g/mol. The van der Waals surface area contributed by atoms with Gasteiger partial charge in [-0.1, -0.05) is 12.1 Å². The Kier molecular flexibility index (Phi) is 4.03. The molecule has 1 amide bonds. The number of para-hydroxylation sites is 1. The van der Waals surface area contributed by atoms with Crippen LogP contribution in [0.25, 0.3) is 0 Å². The molecular weight excluding hydrogens is 276 g/mol. The molecule has 0 saturated carbocycles. The van der Waals surface area contributed by atoms with Crippen LogP contribution in [0.4, 0.5) is 0 Å². The van der Waals surface area contributed by atoms with Crippen molar-refractivity contribution in [1.82, 2.24) is 10.3 Å². The number of carbonyl (C=O) groups excluding carboxylic acids is 1. The highest BCUT2D eigenvalue weighted by molar-refractivity contribution is 5.97. The van der Waals surface area contributed by atoms with Gasteiger partial charge in [0.15, 0.2) is 11.5 Å². The lowest BCUT2D eigenvalue weighted by Crippen LogP contribution is -2.23. The summed E-state index contributed by atoms with van der Waals surface area (Å²) >= 11 is 0. The van der Waals surface area contributed by atoms with Crippen LogP contribution in [0.1, 0.15) is 26.4 Å². The van der Waals surface area contributed by atoms with E-state index in [4.69, 9.17) is 5.11 Å². The van der Waals surface area contributed by atoms with Crippen LogP contribution in [0.2, 0.25) is 0 Å². The minimum absolute atomic E-state index is 0.0508. The number of nitrogens with zero attached hydrogens (tertiary/aromatic N) is 1.